The Bertz CT molecular complexity index is 244. The van der Waals surface area contributed by atoms with Crippen LogP contribution >= 0.6 is 12.4 Å². The second kappa shape index (κ2) is 4.07. The van der Waals surface area contributed by atoms with Crippen LogP contribution in [0.4, 0.5) is 0 Å². The van der Waals surface area contributed by atoms with Gasteiger partial charge in [-0.05, 0) is 37.3 Å². The van der Waals surface area contributed by atoms with Gasteiger partial charge < -0.3 is 5.73 Å². The average molecular weight is 199 g/mol. The smallest absolute Gasteiger partial charge is 0.0568 e. The number of hydrogen-bond acceptors (Lipinski definition) is 2. The fourth-order valence-corrected chi connectivity index (χ4v) is 1.34. The van der Waals surface area contributed by atoms with Crippen LogP contribution in [0.2, 0.25) is 0 Å². The first-order chi connectivity index (χ1) is 5.77. The quantitative estimate of drug-likeness (QED) is 0.793. The first-order valence-corrected chi connectivity index (χ1v) is 4.49. The summed E-state index contributed by atoms with van der Waals surface area (Å²) >= 11 is 0. The zero-order valence-corrected chi connectivity index (χ0v) is 8.55. The number of pyridine rings is 1. The van der Waals surface area contributed by atoms with E-state index in [1.54, 1.807) is 0 Å². The Balaban J connectivity index is 0.000000845. The van der Waals surface area contributed by atoms with Gasteiger partial charge in [0, 0.05) is 12.2 Å². The van der Waals surface area contributed by atoms with E-state index in [0.29, 0.717) is 0 Å². The average Bonchev–Trinajstić information content (AvgIpc) is 2.87. The highest BCUT2D eigenvalue weighted by molar-refractivity contribution is 5.85. The lowest BCUT2D eigenvalue weighted by atomic mass is 10.1. The van der Waals surface area contributed by atoms with Gasteiger partial charge in [0.25, 0.3) is 0 Å². The number of rotatable bonds is 2. The fraction of sp³-hybridized carbons (Fsp3) is 0.500. The van der Waals surface area contributed by atoms with Crippen LogP contribution < -0.4 is 5.73 Å². The van der Waals surface area contributed by atoms with Crippen LogP contribution in [0.5, 0.6) is 0 Å². The van der Waals surface area contributed by atoms with E-state index >= 15 is 0 Å². The van der Waals surface area contributed by atoms with Gasteiger partial charge in [-0.3, -0.25) is 4.98 Å². The Morgan fingerprint density at radius 3 is 2.54 bits per heavy atom. The number of nitrogens with zero attached hydrogens (tertiary/aromatic N) is 1. The molecule has 0 aliphatic heterocycles. The molecule has 0 amide bonds. The van der Waals surface area contributed by atoms with Crippen molar-refractivity contribution in [3.63, 3.8) is 0 Å². The standard InChI is InChI=1S/C10H14N2.ClH/c1-7(11)10-5-4-9(6-12-10)8-2-3-8;/h4-8H,2-3,11H2,1H3;1H/t7-;/m0./s1. The minimum absolute atomic E-state index is 0. The number of nitrogens with two attached hydrogens (primary N) is 1. The van der Waals surface area contributed by atoms with Crippen molar-refractivity contribution in [2.75, 3.05) is 0 Å². The number of hydrogen-bond donors (Lipinski definition) is 1. The van der Waals surface area contributed by atoms with Crippen LogP contribution in [0.25, 0.3) is 0 Å². The van der Waals surface area contributed by atoms with Gasteiger partial charge in [-0.15, -0.1) is 12.4 Å². The molecular formula is C10H15ClN2. The van der Waals surface area contributed by atoms with Gasteiger partial charge in [-0.25, -0.2) is 0 Å². The second-order valence-corrected chi connectivity index (χ2v) is 3.58. The number of aromatic nitrogens is 1. The Hall–Kier alpha value is -0.600. The third-order valence-electron chi connectivity index (χ3n) is 2.32. The molecule has 1 aliphatic rings. The summed E-state index contributed by atoms with van der Waals surface area (Å²) in [6.07, 6.45) is 4.63. The largest absolute Gasteiger partial charge is 0.323 e. The first kappa shape index (κ1) is 10.5. The molecule has 0 aromatic carbocycles. The molecule has 13 heavy (non-hydrogen) atoms. The molecule has 1 heterocycles. The van der Waals surface area contributed by atoms with E-state index in [4.69, 9.17) is 5.73 Å². The summed E-state index contributed by atoms with van der Waals surface area (Å²) < 4.78 is 0. The predicted molar refractivity (Wildman–Crippen MR) is 56.1 cm³/mol. The third kappa shape index (κ3) is 2.42. The summed E-state index contributed by atoms with van der Waals surface area (Å²) in [4.78, 5) is 4.31. The molecule has 0 bridgehead atoms. The van der Waals surface area contributed by atoms with Crippen molar-refractivity contribution in [2.24, 2.45) is 5.73 Å². The number of halogens is 1. The molecule has 1 aliphatic carbocycles. The fourth-order valence-electron chi connectivity index (χ4n) is 1.34. The van der Waals surface area contributed by atoms with Crippen molar-refractivity contribution >= 4 is 12.4 Å². The molecule has 1 fully saturated rings. The maximum Gasteiger partial charge on any atom is 0.0568 e. The molecule has 1 aromatic rings. The molecule has 0 saturated heterocycles. The van der Waals surface area contributed by atoms with E-state index in [9.17, 15) is 0 Å². The lowest BCUT2D eigenvalue weighted by Crippen LogP contribution is -2.06. The maximum absolute atomic E-state index is 5.69. The monoisotopic (exact) mass is 198 g/mol. The summed E-state index contributed by atoms with van der Waals surface area (Å²) in [6.45, 7) is 1.96. The van der Waals surface area contributed by atoms with Gasteiger partial charge in [0.05, 0.1) is 5.69 Å². The highest BCUT2D eigenvalue weighted by Crippen LogP contribution is 2.39. The van der Waals surface area contributed by atoms with Crippen LogP contribution in [0.15, 0.2) is 18.3 Å². The van der Waals surface area contributed by atoms with Crippen molar-refractivity contribution in [3.8, 4) is 0 Å². The van der Waals surface area contributed by atoms with Crippen LogP contribution in [-0.4, -0.2) is 4.98 Å². The summed E-state index contributed by atoms with van der Waals surface area (Å²) in [7, 11) is 0. The Morgan fingerprint density at radius 1 is 1.46 bits per heavy atom. The maximum atomic E-state index is 5.69. The summed E-state index contributed by atoms with van der Waals surface area (Å²) in [5, 5.41) is 0. The molecule has 0 unspecified atom stereocenters. The second-order valence-electron chi connectivity index (χ2n) is 3.58. The molecular weight excluding hydrogens is 184 g/mol. The van der Waals surface area contributed by atoms with Gasteiger partial charge in [0.15, 0.2) is 0 Å². The molecule has 0 spiro atoms. The Morgan fingerprint density at radius 2 is 2.15 bits per heavy atom. The van der Waals surface area contributed by atoms with Crippen molar-refractivity contribution < 1.29 is 0 Å². The lowest BCUT2D eigenvalue weighted by molar-refractivity contribution is 0.778. The highest BCUT2D eigenvalue weighted by Gasteiger charge is 2.23. The molecule has 72 valence electrons. The topological polar surface area (TPSA) is 38.9 Å². The Kier molecular flexibility index (Phi) is 3.28. The van der Waals surface area contributed by atoms with Crippen molar-refractivity contribution in [1.82, 2.24) is 4.98 Å². The molecule has 2 N–H and O–H groups in total. The third-order valence-corrected chi connectivity index (χ3v) is 2.32. The van der Waals surface area contributed by atoms with E-state index in [1.807, 2.05) is 19.2 Å². The molecule has 2 nitrogen and oxygen atoms in total. The van der Waals surface area contributed by atoms with Gasteiger partial charge in [-0.2, -0.15) is 0 Å². The molecule has 2 rings (SSSR count). The Labute approximate surface area is 85.0 Å². The van der Waals surface area contributed by atoms with Crippen molar-refractivity contribution in [2.45, 2.75) is 31.7 Å². The lowest BCUT2D eigenvalue weighted by Gasteiger charge is -2.04. The van der Waals surface area contributed by atoms with E-state index in [-0.39, 0.29) is 18.4 Å². The van der Waals surface area contributed by atoms with Crippen LogP contribution in [0.3, 0.4) is 0 Å². The van der Waals surface area contributed by atoms with E-state index in [1.165, 1.54) is 18.4 Å². The molecule has 0 radical (unpaired) electrons. The summed E-state index contributed by atoms with van der Waals surface area (Å²) in [5.74, 6) is 0.791. The molecule has 1 saturated carbocycles. The van der Waals surface area contributed by atoms with Gasteiger partial charge in [0.1, 0.15) is 0 Å². The van der Waals surface area contributed by atoms with E-state index in [2.05, 4.69) is 11.1 Å². The van der Waals surface area contributed by atoms with E-state index < -0.39 is 0 Å². The van der Waals surface area contributed by atoms with Gasteiger partial charge >= 0.3 is 0 Å². The normalized spacial score (nSPS) is 17.7. The zero-order valence-electron chi connectivity index (χ0n) is 7.73. The summed E-state index contributed by atoms with van der Waals surface area (Å²) in [6, 6.07) is 4.25. The van der Waals surface area contributed by atoms with Gasteiger partial charge in [-0.1, -0.05) is 6.07 Å². The molecule has 1 atom stereocenters. The SMILES string of the molecule is C[C@H](N)c1ccc(C2CC2)cn1.Cl. The van der Waals surface area contributed by atoms with Crippen molar-refractivity contribution in [1.29, 1.82) is 0 Å². The highest BCUT2D eigenvalue weighted by atomic mass is 35.5. The summed E-state index contributed by atoms with van der Waals surface area (Å²) in [5.41, 5.74) is 8.05. The molecule has 3 heteroatoms. The van der Waals surface area contributed by atoms with Crippen LogP contribution in [-0.2, 0) is 0 Å². The van der Waals surface area contributed by atoms with Crippen LogP contribution in [0, 0.1) is 0 Å². The first-order valence-electron chi connectivity index (χ1n) is 4.49. The predicted octanol–water partition coefficient (Wildman–Crippen LogP) is 2.40. The minimum atomic E-state index is 0. The van der Waals surface area contributed by atoms with E-state index in [0.717, 1.165) is 11.6 Å². The van der Waals surface area contributed by atoms with Crippen molar-refractivity contribution in [3.05, 3.63) is 29.6 Å². The van der Waals surface area contributed by atoms with Gasteiger partial charge in [0.2, 0.25) is 0 Å². The minimum Gasteiger partial charge on any atom is -0.323 e. The zero-order chi connectivity index (χ0) is 8.55. The van der Waals surface area contributed by atoms with Crippen LogP contribution in [0.1, 0.15) is 43.0 Å². The molecule has 1 aromatic heterocycles.